The summed E-state index contributed by atoms with van der Waals surface area (Å²) in [6, 6.07) is 26.2. The molecule has 1 aromatic heterocycles. The average molecular weight is 510 g/mol. The summed E-state index contributed by atoms with van der Waals surface area (Å²) in [6.45, 7) is 8.29. The number of aromatic nitrogens is 3. The number of aryl methyl sites for hydroxylation is 1. The second-order valence-corrected chi connectivity index (χ2v) is 10.6. The summed E-state index contributed by atoms with van der Waals surface area (Å²) in [5, 5.41) is 12.0. The number of carbonyl (C=O) groups is 1. The molecule has 0 aliphatic carbocycles. The summed E-state index contributed by atoms with van der Waals surface area (Å²) in [5.74, 6) is 1.67. The molecule has 1 atom stereocenters. The molecular formula is C30H31N5OS. The number of anilines is 2. The molecule has 1 aliphatic rings. The Kier molecular flexibility index (Phi) is 7.15. The van der Waals surface area contributed by atoms with Gasteiger partial charge in [-0.05, 0) is 54.2 Å². The van der Waals surface area contributed by atoms with Gasteiger partial charge in [-0.3, -0.25) is 4.79 Å². The number of fused-ring (bicyclic) bond motifs is 1. The van der Waals surface area contributed by atoms with E-state index in [1.54, 1.807) is 11.8 Å². The highest BCUT2D eigenvalue weighted by molar-refractivity contribution is 7.98. The van der Waals surface area contributed by atoms with E-state index < -0.39 is 6.04 Å². The maximum atomic E-state index is 13.7. The summed E-state index contributed by atoms with van der Waals surface area (Å²) in [5.41, 5.74) is 6.69. The number of hydrogen-bond donors (Lipinski definition) is 2. The third-order valence-corrected chi connectivity index (χ3v) is 7.39. The van der Waals surface area contributed by atoms with Crippen molar-refractivity contribution in [3.8, 4) is 0 Å². The van der Waals surface area contributed by atoms with Crippen molar-refractivity contribution in [2.75, 3.05) is 10.6 Å². The van der Waals surface area contributed by atoms with E-state index in [9.17, 15) is 4.79 Å². The fraction of sp³-hybridized carbons (Fsp3) is 0.233. The van der Waals surface area contributed by atoms with Crippen LogP contribution in [0.3, 0.4) is 0 Å². The summed E-state index contributed by atoms with van der Waals surface area (Å²) < 4.78 is 1.84. The molecule has 7 heteroatoms. The SMILES string of the molecule is CC1=C(C(=O)Nc2cccc(C)c2)C(c2ccc(C(C)C)cc2)n2nc(SCc3ccccc3)nc2N1. The molecule has 0 saturated carbocycles. The van der Waals surface area contributed by atoms with Crippen molar-refractivity contribution < 1.29 is 4.79 Å². The normalized spacial score (nSPS) is 14.9. The molecule has 0 fully saturated rings. The smallest absolute Gasteiger partial charge is 0.255 e. The minimum absolute atomic E-state index is 0.159. The van der Waals surface area contributed by atoms with E-state index in [1.807, 2.05) is 61.0 Å². The largest absolute Gasteiger partial charge is 0.328 e. The number of benzene rings is 3. The van der Waals surface area contributed by atoms with Crippen LogP contribution in [0.25, 0.3) is 0 Å². The van der Waals surface area contributed by atoms with Crippen LogP contribution >= 0.6 is 11.8 Å². The Morgan fingerprint density at radius 2 is 1.78 bits per heavy atom. The highest BCUT2D eigenvalue weighted by Crippen LogP contribution is 2.37. The molecule has 188 valence electrons. The second-order valence-electron chi connectivity index (χ2n) is 9.65. The van der Waals surface area contributed by atoms with Gasteiger partial charge >= 0.3 is 0 Å². The molecule has 1 amide bonds. The number of rotatable bonds is 7. The Labute approximate surface area is 222 Å². The van der Waals surface area contributed by atoms with Gasteiger partial charge < -0.3 is 10.6 Å². The summed E-state index contributed by atoms with van der Waals surface area (Å²) >= 11 is 1.58. The Morgan fingerprint density at radius 1 is 1.03 bits per heavy atom. The predicted octanol–water partition coefficient (Wildman–Crippen LogP) is 6.93. The van der Waals surface area contributed by atoms with E-state index in [0.29, 0.717) is 22.6 Å². The molecule has 0 saturated heterocycles. The summed E-state index contributed by atoms with van der Waals surface area (Å²) in [4.78, 5) is 18.5. The van der Waals surface area contributed by atoms with Gasteiger partial charge in [0.2, 0.25) is 11.1 Å². The van der Waals surface area contributed by atoms with Gasteiger partial charge in [0.25, 0.3) is 5.91 Å². The zero-order valence-corrected chi connectivity index (χ0v) is 22.3. The van der Waals surface area contributed by atoms with Crippen LogP contribution in [0.2, 0.25) is 0 Å². The Morgan fingerprint density at radius 3 is 2.49 bits per heavy atom. The van der Waals surface area contributed by atoms with Gasteiger partial charge in [-0.2, -0.15) is 4.98 Å². The highest BCUT2D eigenvalue weighted by Gasteiger charge is 2.34. The lowest BCUT2D eigenvalue weighted by Gasteiger charge is -2.29. The first-order chi connectivity index (χ1) is 17.9. The van der Waals surface area contributed by atoms with Gasteiger partial charge in [0.05, 0.1) is 5.57 Å². The lowest BCUT2D eigenvalue weighted by molar-refractivity contribution is -0.113. The lowest BCUT2D eigenvalue weighted by atomic mass is 9.92. The third-order valence-electron chi connectivity index (χ3n) is 6.48. The van der Waals surface area contributed by atoms with Gasteiger partial charge in [0, 0.05) is 17.1 Å². The molecule has 6 nitrogen and oxygen atoms in total. The van der Waals surface area contributed by atoms with Crippen molar-refractivity contribution in [2.24, 2.45) is 0 Å². The summed E-state index contributed by atoms with van der Waals surface area (Å²) in [7, 11) is 0. The first-order valence-electron chi connectivity index (χ1n) is 12.5. The lowest BCUT2D eigenvalue weighted by Crippen LogP contribution is -2.31. The highest BCUT2D eigenvalue weighted by atomic mass is 32.2. The van der Waals surface area contributed by atoms with E-state index in [2.05, 4.69) is 60.9 Å². The molecule has 5 rings (SSSR count). The molecule has 0 radical (unpaired) electrons. The predicted molar refractivity (Wildman–Crippen MR) is 151 cm³/mol. The van der Waals surface area contributed by atoms with Crippen LogP contribution in [-0.2, 0) is 10.5 Å². The molecule has 37 heavy (non-hydrogen) atoms. The molecular weight excluding hydrogens is 478 g/mol. The monoisotopic (exact) mass is 509 g/mol. The van der Waals surface area contributed by atoms with Crippen molar-refractivity contribution in [3.05, 3.63) is 112 Å². The van der Waals surface area contributed by atoms with Crippen LogP contribution in [0.15, 0.2) is 95.3 Å². The zero-order valence-electron chi connectivity index (χ0n) is 21.5. The zero-order chi connectivity index (χ0) is 25.9. The molecule has 0 spiro atoms. The topological polar surface area (TPSA) is 71.8 Å². The van der Waals surface area contributed by atoms with Gasteiger partial charge in [0.1, 0.15) is 6.04 Å². The number of allylic oxidation sites excluding steroid dienone is 1. The van der Waals surface area contributed by atoms with Crippen LogP contribution in [-0.4, -0.2) is 20.7 Å². The van der Waals surface area contributed by atoms with E-state index in [-0.39, 0.29) is 5.91 Å². The van der Waals surface area contributed by atoms with Crippen molar-refractivity contribution in [1.82, 2.24) is 14.8 Å². The molecule has 4 aromatic rings. The molecule has 2 heterocycles. The maximum absolute atomic E-state index is 13.7. The number of hydrogen-bond acceptors (Lipinski definition) is 5. The first-order valence-corrected chi connectivity index (χ1v) is 13.5. The van der Waals surface area contributed by atoms with Crippen LogP contribution < -0.4 is 10.6 Å². The standard InChI is InChI=1S/C30H31N5OS/c1-19(2)23-13-15-24(16-14-23)27-26(28(36)32-25-12-8-9-20(3)17-25)21(4)31-29-33-30(34-35(27)29)37-18-22-10-6-5-7-11-22/h5-17,19,27H,18H2,1-4H3,(H,32,36)(H,31,33,34). The Hall–Kier alpha value is -3.84. The van der Waals surface area contributed by atoms with Crippen LogP contribution in [0, 0.1) is 6.92 Å². The van der Waals surface area contributed by atoms with Crippen LogP contribution in [0.1, 0.15) is 55.0 Å². The van der Waals surface area contributed by atoms with E-state index in [1.165, 1.54) is 11.1 Å². The van der Waals surface area contributed by atoms with Crippen molar-refractivity contribution >= 4 is 29.3 Å². The van der Waals surface area contributed by atoms with Crippen LogP contribution in [0.5, 0.6) is 0 Å². The average Bonchev–Trinajstić information content (AvgIpc) is 3.29. The van der Waals surface area contributed by atoms with Gasteiger partial charge in [-0.15, -0.1) is 5.10 Å². The van der Waals surface area contributed by atoms with Crippen molar-refractivity contribution in [3.63, 3.8) is 0 Å². The second kappa shape index (κ2) is 10.6. The van der Waals surface area contributed by atoms with E-state index >= 15 is 0 Å². The fourth-order valence-corrected chi connectivity index (χ4v) is 5.29. The number of nitrogens with one attached hydrogen (secondary N) is 2. The van der Waals surface area contributed by atoms with Gasteiger partial charge in [-0.1, -0.05) is 92.3 Å². The van der Waals surface area contributed by atoms with E-state index in [4.69, 9.17) is 10.1 Å². The minimum Gasteiger partial charge on any atom is -0.328 e. The number of nitrogens with zero attached hydrogens (tertiary/aromatic N) is 3. The quantitative estimate of drug-likeness (QED) is 0.264. The molecule has 2 N–H and O–H groups in total. The fourth-order valence-electron chi connectivity index (χ4n) is 4.50. The third kappa shape index (κ3) is 5.47. The molecule has 0 bridgehead atoms. The number of carbonyl (C=O) groups excluding carboxylic acids is 1. The van der Waals surface area contributed by atoms with Crippen LogP contribution in [0.4, 0.5) is 11.6 Å². The Balaban J connectivity index is 1.50. The molecule has 1 unspecified atom stereocenters. The van der Waals surface area contributed by atoms with Crippen molar-refractivity contribution in [2.45, 2.75) is 50.6 Å². The Bertz CT molecular complexity index is 1440. The minimum atomic E-state index is -0.402. The maximum Gasteiger partial charge on any atom is 0.255 e. The van der Waals surface area contributed by atoms with Crippen molar-refractivity contribution in [1.29, 1.82) is 0 Å². The van der Waals surface area contributed by atoms with Gasteiger partial charge in [-0.25, -0.2) is 4.68 Å². The number of thioether (sulfide) groups is 1. The molecule has 3 aromatic carbocycles. The van der Waals surface area contributed by atoms with E-state index in [0.717, 1.165) is 28.3 Å². The molecule has 1 aliphatic heterocycles. The first kappa shape index (κ1) is 24.8. The van der Waals surface area contributed by atoms with Gasteiger partial charge in [0.15, 0.2) is 0 Å². The number of amides is 1. The summed E-state index contributed by atoms with van der Waals surface area (Å²) in [6.07, 6.45) is 0.